The van der Waals surface area contributed by atoms with Gasteiger partial charge in [-0.2, -0.15) is 0 Å². The van der Waals surface area contributed by atoms with E-state index in [1.165, 1.54) is 0 Å². The Balaban J connectivity index is 0.818. The SMILES string of the molecule is c1cc2c3c(c1)Oc1ccc(-n4cnc5ccccc54)cc1B3c1cc(-c3coc(-c4ccc5c(c4)B4c6cc(-n7cnc8ccccc87)ccc6Oc6cccc(c64)O5)c3)ccc1O2. The number of nitrogens with zero attached hydrogens (tertiary/aromatic N) is 4. The lowest BCUT2D eigenvalue weighted by atomic mass is 9.34. The van der Waals surface area contributed by atoms with Crippen molar-refractivity contribution in [3.05, 3.63) is 183 Å². The number of para-hydroxylation sites is 4. The van der Waals surface area contributed by atoms with Crippen molar-refractivity contribution >= 4 is 68.3 Å². The molecule has 4 aliphatic rings. The molecule has 0 aliphatic carbocycles. The molecule has 8 aromatic carbocycles. The second-order valence-corrected chi connectivity index (χ2v) is 17.0. The molecule has 0 spiro atoms. The number of hydrogen-bond donors (Lipinski definition) is 0. The third-order valence-corrected chi connectivity index (χ3v) is 13.4. The lowest BCUT2D eigenvalue weighted by Gasteiger charge is -2.33. The van der Waals surface area contributed by atoms with Crippen molar-refractivity contribution < 1.29 is 23.4 Å². The molecule has 11 aromatic rings. The van der Waals surface area contributed by atoms with E-state index in [-0.39, 0.29) is 13.4 Å². The summed E-state index contributed by atoms with van der Waals surface area (Å²) in [6, 6.07) is 56.1. The minimum absolute atomic E-state index is 0.126. The lowest BCUT2D eigenvalue weighted by Crippen LogP contribution is -2.57. The van der Waals surface area contributed by atoms with Crippen LogP contribution in [-0.4, -0.2) is 32.5 Å². The fourth-order valence-corrected chi connectivity index (χ4v) is 10.4. The molecule has 302 valence electrons. The molecular formula is C54H30B2N4O5. The fourth-order valence-electron chi connectivity index (χ4n) is 10.4. The van der Waals surface area contributed by atoms with E-state index in [4.69, 9.17) is 23.4 Å². The van der Waals surface area contributed by atoms with Gasteiger partial charge in [0.15, 0.2) is 0 Å². The maximum Gasteiger partial charge on any atom is 0.260 e. The first-order valence-corrected chi connectivity index (χ1v) is 21.6. The smallest absolute Gasteiger partial charge is 0.260 e. The zero-order chi connectivity index (χ0) is 42.3. The van der Waals surface area contributed by atoms with E-state index in [1.54, 1.807) is 0 Å². The third-order valence-electron chi connectivity index (χ3n) is 13.4. The number of aromatic nitrogens is 4. The standard InChI is InChI=1S/C54H30B2N4O5/c1-3-9-42-40(7-1)57-29-59(42)34-17-21-46-38(26-34)55-36-23-31(15-19-44(36)62-48-11-5-13-50(64-46)53(48)55)33-25-52(61-28-33)32-16-20-45-37(24-32)56-39-27-35(60-30-58-41-8-2-4-10-43(41)60)18-22-47(39)65-51-14-6-12-49(63-45)54(51)56/h1-30H. The van der Waals surface area contributed by atoms with E-state index in [0.29, 0.717) is 0 Å². The van der Waals surface area contributed by atoms with Gasteiger partial charge >= 0.3 is 0 Å². The number of benzene rings is 8. The van der Waals surface area contributed by atoms with Gasteiger partial charge in [0.25, 0.3) is 13.4 Å². The number of rotatable bonds is 4. The van der Waals surface area contributed by atoms with Crippen LogP contribution in [-0.2, 0) is 0 Å². The van der Waals surface area contributed by atoms with Crippen LogP contribution in [0.4, 0.5) is 0 Å². The maximum absolute atomic E-state index is 6.60. The molecule has 9 nitrogen and oxygen atoms in total. The van der Waals surface area contributed by atoms with E-state index in [2.05, 4.69) is 110 Å². The molecule has 15 rings (SSSR count). The predicted octanol–water partition coefficient (Wildman–Crippen LogP) is 8.75. The summed E-state index contributed by atoms with van der Waals surface area (Å²) < 4.78 is 37.0. The molecule has 3 aromatic heterocycles. The summed E-state index contributed by atoms with van der Waals surface area (Å²) >= 11 is 0. The van der Waals surface area contributed by atoms with Crippen LogP contribution in [0.2, 0.25) is 0 Å². The minimum atomic E-state index is -0.137. The first kappa shape index (κ1) is 34.8. The Morgan fingerprint density at radius 1 is 0.369 bits per heavy atom. The van der Waals surface area contributed by atoms with Crippen LogP contribution in [0.1, 0.15) is 0 Å². The van der Waals surface area contributed by atoms with Crippen molar-refractivity contribution in [1.29, 1.82) is 0 Å². The Labute approximate surface area is 371 Å². The number of furan rings is 1. The van der Waals surface area contributed by atoms with Crippen molar-refractivity contribution in [2.24, 2.45) is 0 Å². The van der Waals surface area contributed by atoms with Crippen molar-refractivity contribution in [1.82, 2.24) is 19.1 Å². The van der Waals surface area contributed by atoms with Crippen LogP contribution in [0.3, 0.4) is 0 Å². The normalized spacial score (nSPS) is 13.4. The van der Waals surface area contributed by atoms with Gasteiger partial charge in [-0.3, -0.25) is 9.13 Å². The van der Waals surface area contributed by atoms with Gasteiger partial charge in [0.1, 0.15) is 64.4 Å². The average molecular weight is 836 g/mol. The minimum Gasteiger partial charge on any atom is -0.464 e. The Bertz CT molecular complexity index is 3580. The molecule has 0 radical (unpaired) electrons. The topological polar surface area (TPSA) is 85.7 Å². The van der Waals surface area contributed by atoms with E-state index >= 15 is 0 Å². The van der Waals surface area contributed by atoms with Gasteiger partial charge in [-0.05, 0) is 137 Å². The van der Waals surface area contributed by atoms with Crippen molar-refractivity contribution in [3.8, 4) is 79.8 Å². The van der Waals surface area contributed by atoms with Crippen LogP contribution < -0.4 is 51.7 Å². The first-order valence-electron chi connectivity index (χ1n) is 21.6. The van der Waals surface area contributed by atoms with E-state index in [0.717, 1.165) is 135 Å². The summed E-state index contributed by atoms with van der Waals surface area (Å²) in [6.45, 7) is -0.264. The zero-order valence-corrected chi connectivity index (χ0v) is 34.3. The van der Waals surface area contributed by atoms with Crippen LogP contribution in [0.25, 0.3) is 55.9 Å². The van der Waals surface area contributed by atoms with E-state index < -0.39 is 0 Å². The molecule has 0 atom stereocenters. The van der Waals surface area contributed by atoms with Gasteiger partial charge in [-0.1, -0.05) is 54.6 Å². The number of hydrogen-bond acceptors (Lipinski definition) is 7. The van der Waals surface area contributed by atoms with Crippen molar-refractivity contribution in [2.75, 3.05) is 0 Å². The summed E-state index contributed by atoms with van der Waals surface area (Å²) in [5.41, 5.74) is 15.2. The van der Waals surface area contributed by atoms with Gasteiger partial charge in [0.2, 0.25) is 0 Å². The molecule has 0 fully saturated rings. The summed E-state index contributed by atoms with van der Waals surface area (Å²) in [5.74, 6) is 7.19. The van der Waals surface area contributed by atoms with Crippen molar-refractivity contribution in [2.45, 2.75) is 0 Å². The first-order chi connectivity index (χ1) is 32.2. The molecule has 4 aliphatic heterocycles. The highest BCUT2D eigenvalue weighted by Gasteiger charge is 2.42. The quantitative estimate of drug-likeness (QED) is 0.164. The van der Waals surface area contributed by atoms with Crippen LogP contribution in [0.15, 0.2) is 187 Å². The monoisotopic (exact) mass is 836 g/mol. The van der Waals surface area contributed by atoms with E-state index in [9.17, 15) is 0 Å². The Hall–Kier alpha value is -8.69. The summed E-state index contributed by atoms with van der Waals surface area (Å²) in [6.07, 6.45) is 5.61. The number of fused-ring (bicyclic) bond motifs is 10. The van der Waals surface area contributed by atoms with E-state index in [1.807, 2.05) is 91.7 Å². The van der Waals surface area contributed by atoms with Crippen LogP contribution in [0, 0.1) is 0 Å². The molecule has 11 heteroatoms. The number of ether oxygens (including phenoxy) is 4. The Kier molecular flexibility index (Phi) is 6.93. The molecule has 0 saturated heterocycles. The fraction of sp³-hybridized carbons (Fsp3) is 0. The third kappa shape index (κ3) is 5.06. The highest BCUT2D eigenvalue weighted by atomic mass is 16.5. The molecule has 7 heterocycles. The summed E-state index contributed by atoms with van der Waals surface area (Å²) in [7, 11) is 0. The van der Waals surface area contributed by atoms with Crippen LogP contribution in [0.5, 0.6) is 46.0 Å². The molecule has 0 amide bonds. The maximum atomic E-state index is 6.60. The second kappa shape index (κ2) is 12.9. The van der Waals surface area contributed by atoms with Crippen molar-refractivity contribution in [3.63, 3.8) is 0 Å². The van der Waals surface area contributed by atoms with Gasteiger partial charge < -0.3 is 23.4 Å². The van der Waals surface area contributed by atoms with Gasteiger partial charge in [-0.25, -0.2) is 9.97 Å². The molecule has 65 heavy (non-hydrogen) atoms. The van der Waals surface area contributed by atoms with Gasteiger partial charge in [0, 0.05) is 33.4 Å². The predicted molar refractivity (Wildman–Crippen MR) is 254 cm³/mol. The Morgan fingerprint density at radius 2 is 0.815 bits per heavy atom. The molecule has 0 bridgehead atoms. The molecule has 0 saturated carbocycles. The highest BCUT2D eigenvalue weighted by molar-refractivity contribution is 6.99. The Morgan fingerprint density at radius 3 is 1.34 bits per heavy atom. The molecule has 0 N–H and O–H groups in total. The van der Waals surface area contributed by atoms with Gasteiger partial charge in [-0.15, -0.1) is 0 Å². The summed E-state index contributed by atoms with van der Waals surface area (Å²) in [5, 5.41) is 0. The summed E-state index contributed by atoms with van der Waals surface area (Å²) in [4.78, 5) is 9.35. The molecule has 0 unspecified atom stereocenters. The largest absolute Gasteiger partial charge is 0.464 e. The highest BCUT2D eigenvalue weighted by Crippen LogP contribution is 2.39. The van der Waals surface area contributed by atoms with Gasteiger partial charge in [0.05, 0.1) is 28.3 Å². The average Bonchev–Trinajstić information content (AvgIpc) is 4.13. The zero-order valence-electron chi connectivity index (χ0n) is 34.3. The molecular weight excluding hydrogens is 806 g/mol. The number of imidazole rings is 2. The lowest BCUT2D eigenvalue weighted by molar-refractivity contribution is 0.464. The second-order valence-electron chi connectivity index (χ2n) is 17.0. The van der Waals surface area contributed by atoms with Crippen LogP contribution >= 0.6 is 0 Å².